The summed E-state index contributed by atoms with van der Waals surface area (Å²) in [5.74, 6) is 2.61. The number of anilines is 1. The Kier molecular flexibility index (Phi) is 2.34. The molecule has 86 valence electrons. The third-order valence-corrected chi connectivity index (χ3v) is 3.54. The maximum atomic E-state index is 4.47. The molecule has 0 aliphatic heterocycles. The summed E-state index contributed by atoms with van der Waals surface area (Å²) >= 11 is 0. The van der Waals surface area contributed by atoms with Gasteiger partial charge in [0, 0.05) is 17.4 Å². The van der Waals surface area contributed by atoms with Crippen molar-refractivity contribution in [2.45, 2.75) is 45.6 Å². The van der Waals surface area contributed by atoms with Crippen LogP contribution in [0.1, 0.15) is 37.1 Å². The smallest absolute Gasteiger partial charge is 0.223 e. The lowest BCUT2D eigenvalue weighted by Crippen LogP contribution is -2.25. The van der Waals surface area contributed by atoms with Crippen molar-refractivity contribution in [1.82, 2.24) is 9.97 Å². The number of nitrogens with zero attached hydrogens (tertiary/aromatic N) is 2. The summed E-state index contributed by atoms with van der Waals surface area (Å²) < 4.78 is 0. The van der Waals surface area contributed by atoms with Gasteiger partial charge in [-0.3, -0.25) is 0 Å². The van der Waals surface area contributed by atoms with E-state index in [-0.39, 0.29) is 0 Å². The number of hydrogen-bond donors (Lipinski definition) is 1. The number of aryl methyl sites for hydroxylation is 2. The fourth-order valence-corrected chi connectivity index (χ4v) is 2.47. The molecule has 1 heterocycles. The lowest BCUT2D eigenvalue weighted by atomic mass is 10.1. The number of aromatic nitrogens is 2. The summed E-state index contributed by atoms with van der Waals surface area (Å²) in [6.45, 7) is 4.06. The van der Waals surface area contributed by atoms with Gasteiger partial charge in [-0.2, -0.15) is 0 Å². The molecule has 1 N–H and O–H groups in total. The van der Waals surface area contributed by atoms with Crippen LogP contribution >= 0.6 is 0 Å². The van der Waals surface area contributed by atoms with E-state index in [0.29, 0.717) is 6.04 Å². The highest BCUT2D eigenvalue weighted by Gasteiger charge is 2.41. The minimum absolute atomic E-state index is 0.640. The quantitative estimate of drug-likeness (QED) is 0.842. The van der Waals surface area contributed by atoms with Gasteiger partial charge < -0.3 is 5.32 Å². The van der Waals surface area contributed by atoms with Crippen LogP contribution in [0.25, 0.3) is 0 Å². The van der Waals surface area contributed by atoms with Crippen molar-refractivity contribution in [3.05, 3.63) is 17.5 Å². The van der Waals surface area contributed by atoms with Crippen molar-refractivity contribution in [3.8, 4) is 0 Å². The van der Waals surface area contributed by atoms with E-state index in [0.717, 1.165) is 29.2 Å². The SMILES string of the molecule is Cc1cc(C)nc(NC(C2CC2)C2CC2)n1. The molecule has 16 heavy (non-hydrogen) atoms. The molecule has 0 radical (unpaired) electrons. The van der Waals surface area contributed by atoms with Crippen molar-refractivity contribution >= 4 is 5.95 Å². The minimum Gasteiger partial charge on any atom is -0.351 e. The molecule has 0 bridgehead atoms. The first-order valence-electron chi connectivity index (χ1n) is 6.31. The predicted molar refractivity (Wildman–Crippen MR) is 64.4 cm³/mol. The summed E-state index contributed by atoms with van der Waals surface area (Å²) in [6.07, 6.45) is 5.55. The Bertz CT molecular complexity index is 362. The molecule has 3 heteroatoms. The predicted octanol–water partition coefficient (Wildman–Crippen LogP) is 2.69. The lowest BCUT2D eigenvalue weighted by Gasteiger charge is -2.17. The van der Waals surface area contributed by atoms with E-state index in [1.807, 2.05) is 19.9 Å². The Morgan fingerprint density at radius 2 is 1.56 bits per heavy atom. The van der Waals surface area contributed by atoms with Gasteiger partial charge in [-0.05, 0) is 57.4 Å². The van der Waals surface area contributed by atoms with Crippen LogP contribution in [0.4, 0.5) is 5.95 Å². The van der Waals surface area contributed by atoms with E-state index in [4.69, 9.17) is 0 Å². The second-order valence-electron chi connectivity index (χ2n) is 5.32. The number of rotatable bonds is 4. The molecule has 0 spiro atoms. The van der Waals surface area contributed by atoms with E-state index >= 15 is 0 Å². The van der Waals surface area contributed by atoms with E-state index in [1.165, 1.54) is 25.7 Å². The van der Waals surface area contributed by atoms with Gasteiger partial charge in [-0.1, -0.05) is 0 Å². The van der Waals surface area contributed by atoms with Crippen LogP contribution in [0.2, 0.25) is 0 Å². The molecule has 2 aliphatic rings. The first kappa shape index (κ1) is 10.1. The second-order valence-corrected chi connectivity index (χ2v) is 5.32. The van der Waals surface area contributed by atoms with Gasteiger partial charge in [0.15, 0.2) is 0 Å². The summed E-state index contributed by atoms with van der Waals surface area (Å²) in [4.78, 5) is 8.94. The van der Waals surface area contributed by atoms with E-state index in [2.05, 4.69) is 15.3 Å². The minimum atomic E-state index is 0.640. The third kappa shape index (κ3) is 2.18. The van der Waals surface area contributed by atoms with Crippen LogP contribution in [-0.2, 0) is 0 Å². The van der Waals surface area contributed by atoms with Crippen molar-refractivity contribution in [1.29, 1.82) is 0 Å². The van der Waals surface area contributed by atoms with Gasteiger partial charge >= 0.3 is 0 Å². The molecule has 1 aromatic rings. The van der Waals surface area contributed by atoms with Crippen LogP contribution in [0.3, 0.4) is 0 Å². The largest absolute Gasteiger partial charge is 0.351 e. The fraction of sp³-hybridized carbons (Fsp3) is 0.692. The van der Waals surface area contributed by atoms with Gasteiger partial charge in [-0.25, -0.2) is 9.97 Å². The third-order valence-electron chi connectivity index (χ3n) is 3.54. The highest BCUT2D eigenvalue weighted by atomic mass is 15.1. The Hall–Kier alpha value is -1.12. The molecule has 0 unspecified atom stereocenters. The summed E-state index contributed by atoms with van der Waals surface area (Å²) in [6, 6.07) is 2.66. The van der Waals surface area contributed by atoms with Gasteiger partial charge in [0.05, 0.1) is 0 Å². The van der Waals surface area contributed by atoms with Crippen LogP contribution in [0, 0.1) is 25.7 Å². The zero-order valence-corrected chi connectivity index (χ0v) is 10.0. The van der Waals surface area contributed by atoms with Crippen LogP contribution in [0.5, 0.6) is 0 Å². The molecule has 0 aromatic carbocycles. The van der Waals surface area contributed by atoms with E-state index in [9.17, 15) is 0 Å². The Balaban J connectivity index is 1.75. The molecular weight excluding hydrogens is 198 g/mol. The molecule has 0 atom stereocenters. The van der Waals surface area contributed by atoms with Crippen LogP contribution < -0.4 is 5.32 Å². The normalized spacial score (nSPS) is 20.2. The Morgan fingerprint density at radius 1 is 1.06 bits per heavy atom. The van der Waals surface area contributed by atoms with Gasteiger partial charge in [0.1, 0.15) is 0 Å². The molecule has 0 saturated heterocycles. The standard InChI is InChI=1S/C13H19N3/c1-8-7-9(2)15-13(14-8)16-12(10-3-4-10)11-5-6-11/h7,10-12H,3-6H2,1-2H3,(H,14,15,16). The van der Waals surface area contributed by atoms with Crippen molar-refractivity contribution in [2.75, 3.05) is 5.32 Å². The topological polar surface area (TPSA) is 37.8 Å². The van der Waals surface area contributed by atoms with Crippen molar-refractivity contribution in [3.63, 3.8) is 0 Å². The lowest BCUT2D eigenvalue weighted by molar-refractivity contribution is 0.562. The van der Waals surface area contributed by atoms with Gasteiger partial charge in [0.25, 0.3) is 0 Å². The molecule has 3 nitrogen and oxygen atoms in total. The highest BCUT2D eigenvalue weighted by molar-refractivity contribution is 5.31. The number of hydrogen-bond acceptors (Lipinski definition) is 3. The zero-order valence-electron chi connectivity index (χ0n) is 10.0. The van der Waals surface area contributed by atoms with Crippen molar-refractivity contribution in [2.24, 2.45) is 11.8 Å². The average Bonchev–Trinajstić information content (AvgIpc) is 3.07. The fourth-order valence-electron chi connectivity index (χ4n) is 2.47. The van der Waals surface area contributed by atoms with Gasteiger partial charge in [-0.15, -0.1) is 0 Å². The maximum absolute atomic E-state index is 4.47. The second kappa shape index (κ2) is 3.72. The summed E-state index contributed by atoms with van der Waals surface area (Å²) in [5.41, 5.74) is 2.11. The average molecular weight is 217 g/mol. The first-order chi connectivity index (χ1) is 7.72. The zero-order chi connectivity index (χ0) is 11.1. The molecule has 2 saturated carbocycles. The Morgan fingerprint density at radius 3 is 2.00 bits per heavy atom. The van der Waals surface area contributed by atoms with Gasteiger partial charge in [0.2, 0.25) is 5.95 Å². The molecule has 3 rings (SSSR count). The summed E-state index contributed by atoms with van der Waals surface area (Å²) in [5, 5.41) is 3.56. The molecular formula is C13H19N3. The number of nitrogens with one attached hydrogen (secondary N) is 1. The molecule has 0 amide bonds. The van der Waals surface area contributed by atoms with Crippen LogP contribution in [-0.4, -0.2) is 16.0 Å². The maximum Gasteiger partial charge on any atom is 0.223 e. The summed E-state index contributed by atoms with van der Waals surface area (Å²) in [7, 11) is 0. The Labute approximate surface area is 96.7 Å². The monoisotopic (exact) mass is 217 g/mol. The van der Waals surface area contributed by atoms with E-state index < -0.39 is 0 Å². The highest BCUT2D eigenvalue weighted by Crippen LogP contribution is 2.45. The van der Waals surface area contributed by atoms with E-state index in [1.54, 1.807) is 0 Å². The molecule has 1 aromatic heterocycles. The van der Waals surface area contributed by atoms with Crippen LogP contribution in [0.15, 0.2) is 6.07 Å². The molecule has 2 aliphatic carbocycles. The van der Waals surface area contributed by atoms with Crippen molar-refractivity contribution < 1.29 is 0 Å². The first-order valence-corrected chi connectivity index (χ1v) is 6.31. The molecule has 2 fully saturated rings.